The molecule has 2 rings (SSSR count). The van der Waals surface area contributed by atoms with Crippen molar-refractivity contribution in [1.82, 2.24) is 0 Å². The minimum absolute atomic E-state index is 0.000370. The second-order valence-corrected chi connectivity index (χ2v) is 4.86. The number of hydrogen-bond donors (Lipinski definition) is 0. The Kier molecular flexibility index (Phi) is 2.33. The average molecular weight is 195 g/mol. The van der Waals surface area contributed by atoms with Crippen LogP contribution < -0.4 is 5.11 Å². The van der Waals surface area contributed by atoms with Crippen molar-refractivity contribution in [3.05, 3.63) is 0 Å². The third kappa shape index (κ3) is 1.56. The van der Waals surface area contributed by atoms with Crippen LogP contribution in [0.2, 0.25) is 0 Å². The molecule has 0 aromatic carbocycles. The maximum atomic E-state index is 11.7. The Labute approximate surface area is 83.5 Å². The van der Waals surface area contributed by atoms with Crippen LogP contribution >= 0.6 is 0 Å². The van der Waals surface area contributed by atoms with Crippen molar-refractivity contribution in [1.29, 1.82) is 0 Å². The summed E-state index contributed by atoms with van der Waals surface area (Å²) in [6.45, 7) is 2.14. The molecular formula is C11H15O3-. The van der Waals surface area contributed by atoms with Gasteiger partial charge in [-0.25, -0.2) is 0 Å². The molecule has 0 heterocycles. The van der Waals surface area contributed by atoms with Gasteiger partial charge >= 0.3 is 0 Å². The first-order valence-corrected chi connectivity index (χ1v) is 5.32. The van der Waals surface area contributed by atoms with Crippen LogP contribution in [0.3, 0.4) is 0 Å². The van der Waals surface area contributed by atoms with E-state index in [9.17, 15) is 14.7 Å². The van der Waals surface area contributed by atoms with Crippen LogP contribution in [0.25, 0.3) is 0 Å². The summed E-state index contributed by atoms with van der Waals surface area (Å²) in [4.78, 5) is 22.5. The number of rotatable bonds is 1. The summed E-state index contributed by atoms with van der Waals surface area (Å²) >= 11 is 0. The van der Waals surface area contributed by atoms with Crippen LogP contribution in [0.1, 0.15) is 32.6 Å². The third-order valence-corrected chi connectivity index (χ3v) is 3.65. The summed E-state index contributed by atoms with van der Waals surface area (Å²) in [5.74, 6) is -0.468. The molecule has 78 valence electrons. The lowest BCUT2D eigenvalue weighted by atomic mass is 9.64. The van der Waals surface area contributed by atoms with E-state index >= 15 is 0 Å². The SMILES string of the molecule is CC1CC2CC(C(=O)[O-])CC(C1)C2=O. The summed E-state index contributed by atoms with van der Waals surface area (Å²) in [5, 5.41) is 10.8. The normalized spacial score (nSPS) is 42.2. The number of carboxylic acids is 1. The summed E-state index contributed by atoms with van der Waals surface area (Å²) in [7, 11) is 0. The van der Waals surface area contributed by atoms with Gasteiger partial charge in [0.1, 0.15) is 5.78 Å². The molecule has 2 atom stereocenters. The maximum Gasteiger partial charge on any atom is 0.139 e. The van der Waals surface area contributed by atoms with Crippen molar-refractivity contribution in [3.8, 4) is 0 Å². The molecule has 2 fully saturated rings. The second-order valence-electron chi connectivity index (χ2n) is 4.86. The molecule has 14 heavy (non-hydrogen) atoms. The highest BCUT2D eigenvalue weighted by molar-refractivity contribution is 5.86. The molecule has 2 bridgehead atoms. The van der Waals surface area contributed by atoms with Crippen molar-refractivity contribution in [2.24, 2.45) is 23.7 Å². The Morgan fingerprint density at radius 2 is 1.71 bits per heavy atom. The average Bonchev–Trinajstić information content (AvgIpc) is 2.06. The zero-order valence-electron chi connectivity index (χ0n) is 8.36. The number of Topliss-reactive ketones (excluding diaryl/α,β-unsaturated/α-hetero) is 1. The standard InChI is InChI=1S/C11H16O3/c1-6-2-7-4-9(11(13)14)5-8(3-6)10(7)12/h6-9H,2-5H2,1H3,(H,13,14)/p-1. The first-order chi connectivity index (χ1) is 6.58. The van der Waals surface area contributed by atoms with Gasteiger partial charge in [-0.05, 0) is 37.5 Å². The number of carboxylic acid groups (broad SMARTS) is 1. The predicted octanol–water partition coefficient (Wildman–Crippen LogP) is 0.378. The van der Waals surface area contributed by atoms with Crippen LogP contribution in [0, 0.1) is 23.7 Å². The van der Waals surface area contributed by atoms with Gasteiger partial charge in [-0.2, -0.15) is 0 Å². The van der Waals surface area contributed by atoms with Crippen molar-refractivity contribution in [2.45, 2.75) is 32.6 Å². The van der Waals surface area contributed by atoms with Crippen LogP contribution in [0.4, 0.5) is 0 Å². The lowest BCUT2D eigenvalue weighted by Crippen LogP contribution is -2.44. The molecule has 0 spiro atoms. The van der Waals surface area contributed by atoms with Gasteiger partial charge in [0.2, 0.25) is 0 Å². The molecule has 0 saturated heterocycles. The van der Waals surface area contributed by atoms with Gasteiger partial charge in [-0.3, -0.25) is 4.79 Å². The van der Waals surface area contributed by atoms with Gasteiger partial charge in [-0.1, -0.05) is 6.92 Å². The second kappa shape index (κ2) is 3.37. The Balaban J connectivity index is 2.13. The molecule has 2 aliphatic rings. The molecular weight excluding hydrogens is 180 g/mol. The topological polar surface area (TPSA) is 57.2 Å². The Morgan fingerprint density at radius 3 is 2.14 bits per heavy atom. The van der Waals surface area contributed by atoms with Gasteiger partial charge in [0.25, 0.3) is 0 Å². The van der Waals surface area contributed by atoms with E-state index in [4.69, 9.17) is 0 Å². The monoisotopic (exact) mass is 195 g/mol. The van der Waals surface area contributed by atoms with Crippen LogP contribution in [-0.4, -0.2) is 11.8 Å². The number of ketones is 1. The zero-order valence-corrected chi connectivity index (χ0v) is 8.36. The first kappa shape index (κ1) is 9.69. The van der Waals surface area contributed by atoms with E-state index in [1.54, 1.807) is 0 Å². The molecule has 0 aliphatic heterocycles. The highest BCUT2D eigenvalue weighted by Gasteiger charge is 2.41. The molecule has 0 N–H and O–H groups in total. The van der Waals surface area contributed by atoms with Crippen LogP contribution in [0.15, 0.2) is 0 Å². The van der Waals surface area contributed by atoms with Crippen molar-refractivity contribution >= 4 is 11.8 Å². The molecule has 2 aliphatic carbocycles. The van der Waals surface area contributed by atoms with Crippen molar-refractivity contribution in [2.75, 3.05) is 0 Å². The first-order valence-electron chi connectivity index (χ1n) is 5.32. The predicted molar refractivity (Wildman–Crippen MR) is 48.1 cm³/mol. The summed E-state index contributed by atoms with van der Waals surface area (Å²) < 4.78 is 0. The molecule has 0 aromatic heterocycles. The van der Waals surface area contributed by atoms with Gasteiger partial charge in [0.05, 0.1) is 0 Å². The fourth-order valence-corrected chi connectivity index (χ4v) is 3.03. The molecule has 3 heteroatoms. The minimum atomic E-state index is -0.970. The smallest absolute Gasteiger partial charge is 0.139 e. The van der Waals surface area contributed by atoms with E-state index in [2.05, 4.69) is 6.92 Å². The largest absolute Gasteiger partial charge is 0.550 e. The Bertz CT molecular complexity index is 254. The van der Waals surface area contributed by atoms with Gasteiger partial charge in [-0.15, -0.1) is 0 Å². The lowest BCUT2D eigenvalue weighted by Gasteiger charge is -2.40. The summed E-state index contributed by atoms with van der Waals surface area (Å²) in [6.07, 6.45) is 2.78. The number of hydrogen-bond acceptors (Lipinski definition) is 3. The summed E-state index contributed by atoms with van der Waals surface area (Å²) in [5.41, 5.74) is 0. The minimum Gasteiger partial charge on any atom is -0.550 e. The highest BCUT2D eigenvalue weighted by atomic mass is 16.4. The van der Waals surface area contributed by atoms with E-state index in [0.29, 0.717) is 24.5 Å². The van der Waals surface area contributed by atoms with E-state index < -0.39 is 5.97 Å². The molecule has 0 aromatic rings. The number of fused-ring (bicyclic) bond motifs is 2. The van der Waals surface area contributed by atoms with Crippen molar-refractivity contribution < 1.29 is 14.7 Å². The van der Waals surface area contributed by atoms with E-state index in [1.165, 1.54) is 0 Å². The lowest BCUT2D eigenvalue weighted by molar-refractivity contribution is -0.313. The van der Waals surface area contributed by atoms with Crippen LogP contribution in [0.5, 0.6) is 0 Å². The van der Waals surface area contributed by atoms with Gasteiger partial charge in [0.15, 0.2) is 0 Å². The fourth-order valence-electron chi connectivity index (χ4n) is 3.03. The molecule has 0 amide bonds. The quantitative estimate of drug-likeness (QED) is 0.607. The Hall–Kier alpha value is -0.860. The zero-order chi connectivity index (χ0) is 10.3. The molecule has 3 nitrogen and oxygen atoms in total. The number of carbonyl (C=O) groups excluding carboxylic acids is 2. The van der Waals surface area contributed by atoms with Crippen LogP contribution in [-0.2, 0) is 9.59 Å². The molecule has 0 radical (unpaired) electrons. The number of aliphatic carboxylic acids is 1. The maximum absolute atomic E-state index is 11.7. The molecule has 2 unspecified atom stereocenters. The highest BCUT2D eigenvalue weighted by Crippen LogP contribution is 2.42. The van der Waals surface area contributed by atoms with Crippen molar-refractivity contribution in [3.63, 3.8) is 0 Å². The van der Waals surface area contributed by atoms with Gasteiger partial charge < -0.3 is 9.90 Å². The van der Waals surface area contributed by atoms with E-state index in [-0.39, 0.29) is 17.8 Å². The number of carbonyl (C=O) groups is 2. The third-order valence-electron chi connectivity index (χ3n) is 3.65. The van der Waals surface area contributed by atoms with Gasteiger partial charge in [0, 0.05) is 17.8 Å². The summed E-state index contributed by atoms with van der Waals surface area (Å²) in [6, 6.07) is 0. The Morgan fingerprint density at radius 1 is 1.21 bits per heavy atom. The fraction of sp³-hybridized carbons (Fsp3) is 0.818. The molecule has 2 saturated carbocycles. The van der Waals surface area contributed by atoms with E-state index in [1.807, 2.05) is 0 Å². The van der Waals surface area contributed by atoms with E-state index in [0.717, 1.165) is 12.8 Å².